The quantitative estimate of drug-likeness (QED) is 0.734. The third-order valence-electron chi connectivity index (χ3n) is 3.12. The van der Waals surface area contributed by atoms with E-state index in [0.717, 1.165) is 0 Å². The first-order valence-corrected chi connectivity index (χ1v) is 5.88. The molecular formula is C13H17NO4. The van der Waals surface area contributed by atoms with Crippen LogP contribution in [0.3, 0.4) is 0 Å². The Hall–Kier alpha value is -1.59. The molecule has 0 aromatic heterocycles. The number of aliphatic hydroxyl groups is 1. The smallest absolute Gasteiger partial charge is 0.251 e. The Morgan fingerprint density at radius 1 is 1.56 bits per heavy atom. The fourth-order valence-electron chi connectivity index (χ4n) is 1.98. The maximum atomic E-state index is 11.9. The van der Waals surface area contributed by atoms with Crippen molar-refractivity contribution in [2.45, 2.75) is 18.9 Å². The van der Waals surface area contributed by atoms with Crippen molar-refractivity contribution >= 4 is 5.91 Å². The van der Waals surface area contributed by atoms with Crippen LogP contribution < -0.4 is 5.32 Å². The second-order valence-corrected chi connectivity index (χ2v) is 4.71. The van der Waals surface area contributed by atoms with Crippen molar-refractivity contribution in [2.24, 2.45) is 0 Å². The third kappa shape index (κ3) is 2.80. The average molecular weight is 251 g/mol. The highest BCUT2D eigenvalue weighted by Crippen LogP contribution is 2.18. The minimum Gasteiger partial charge on any atom is -0.508 e. The number of ether oxygens (including phenoxy) is 1. The summed E-state index contributed by atoms with van der Waals surface area (Å²) in [7, 11) is 0. The molecule has 1 saturated heterocycles. The summed E-state index contributed by atoms with van der Waals surface area (Å²) < 4.78 is 5.10. The minimum absolute atomic E-state index is 0.131. The van der Waals surface area contributed by atoms with E-state index >= 15 is 0 Å². The molecule has 2 rings (SSSR count). The number of aromatic hydroxyl groups is 1. The number of carbonyl (C=O) groups excluding carboxylic acids is 1. The number of benzene rings is 1. The van der Waals surface area contributed by atoms with Gasteiger partial charge in [0, 0.05) is 25.1 Å². The van der Waals surface area contributed by atoms with Gasteiger partial charge in [0.2, 0.25) is 0 Å². The second kappa shape index (κ2) is 4.96. The van der Waals surface area contributed by atoms with Gasteiger partial charge < -0.3 is 20.3 Å². The Morgan fingerprint density at radius 3 is 2.94 bits per heavy atom. The van der Waals surface area contributed by atoms with Crippen LogP contribution in [0.4, 0.5) is 0 Å². The summed E-state index contributed by atoms with van der Waals surface area (Å²) in [6, 6.07) is 4.56. The fraction of sp³-hybridized carbons (Fsp3) is 0.462. The molecule has 1 aliphatic rings. The van der Waals surface area contributed by atoms with Gasteiger partial charge >= 0.3 is 0 Å². The number of aryl methyl sites for hydroxylation is 1. The van der Waals surface area contributed by atoms with Crippen LogP contribution in [0.2, 0.25) is 0 Å². The summed E-state index contributed by atoms with van der Waals surface area (Å²) in [6.07, 6.45) is 0.530. The number of carbonyl (C=O) groups is 1. The summed E-state index contributed by atoms with van der Waals surface area (Å²) in [5.74, 6) is -0.125. The molecule has 1 atom stereocenters. The van der Waals surface area contributed by atoms with Crippen LogP contribution in [-0.2, 0) is 4.74 Å². The predicted molar refractivity (Wildman–Crippen MR) is 65.6 cm³/mol. The molecule has 5 heteroatoms. The molecule has 0 bridgehead atoms. The highest BCUT2D eigenvalue weighted by Gasteiger charge is 2.32. The average Bonchev–Trinajstić information content (AvgIpc) is 2.74. The number of rotatable bonds is 3. The number of phenols is 1. The summed E-state index contributed by atoms with van der Waals surface area (Å²) in [5.41, 5.74) is 0.234. The first-order valence-electron chi connectivity index (χ1n) is 5.88. The molecule has 1 fully saturated rings. The van der Waals surface area contributed by atoms with Crippen LogP contribution in [0.15, 0.2) is 18.2 Å². The monoisotopic (exact) mass is 251 g/mol. The maximum Gasteiger partial charge on any atom is 0.251 e. The van der Waals surface area contributed by atoms with E-state index in [4.69, 9.17) is 4.74 Å². The van der Waals surface area contributed by atoms with Gasteiger partial charge in [0.15, 0.2) is 0 Å². The van der Waals surface area contributed by atoms with Gasteiger partial charge in [-0.15, -0.1) is 0 Å². The summed E-state index contributed by atoms with van der Waals surface area (Å²) in [6.45, 7) is 2.70. The minimum atomic E-state index is -0.958. The molecule has 0 aliphatic carbocycles. The third-order valence-corrected chi connectivity index (χ3v) is 3.12. The molecule has 1 aliphatic heterocycles. The first kappa shape index (κ1) is 12.9. The molecule has 0 spiro atoms. The van der Waals surface area contributed by atoms with Gasteiger partial charge in [-0.05, 0) is 30.7 Å². The number of hydrogen-bond donors (Lipinski definition) is 3. The van der Waals surface area contributed by atoms with Gasteiger partial charge in [-0.1, -0.05) is 0 Å². The SMILES string of the molecule is Cc1cc(O)ccc1C(=O)NCC1(O)CCOC1. The van der Waals surface area contributed by atoms with Crippen molar-refractivity contribution in [3.8, 4) is 5.75 Å². The van der Waals surface area contributed by atoms with E-state index in [9.17, 15) is 15.0 Å². The summed E-state index contributed by atoms with van der Waals surface area (Å²) >= 11 is 0. The molecule has 98 valence electrons. The van der Waals surface area contributed by atoms with E-state index in [1.54, 1.807) is 13.0 Å². The molecule has 1 aromatic carbocycles. The van der Waals surface area contributed by atoms with E-state index < -0.39 is 5.60 Å². The standard InChI is InChI=1S/C13H17NO4/c1-9-6-10(15)2-3-11(9)12(16)14-7-13(17)4-5-18-8-13/h2-3,6,15,17H,4-5,7-8H2,1H3,(H,14,16). The fourth-order valence-corrected chi connectivity index (χ4v) is 1.98. The molecule has 5 nitrogen and oxygen atoms in total. The van der Waals surface area contributed by atoms with Gasteiger partial charge in [0.25, 0.3) is 5.91 Å². The van der Waals surface area contributed by atoms with Crippen molar-refractivity contribution in [3.63, 3.8) is 0 Å². The van der Waals surface area contributed by atoms with Crippen LogP contribution in [0.5, 0.6) is 5.75 Å². The van der Waals surface area contributed by atoms with Gasteiger partial charge in [-0.25, -0.2) is 0 Å². The highest BCUT2D eigenvalue weighted by molar-refractivity contribution is 5.95. The van der Waals surface area contributed by atoms with Crippen LogP contribution in [0, 0.1) is 6.92 Å². The predicted octanol–water partition coefficient (Wildman–Crippen LogP) is 0.582. The van der Waals surface area contributed by atoms with Crippen molar-refractivity contribution < 1.29 is 19.7 Å². The normalized spacial score (nSPS) is 23.0. The van der Waals surface area contributed by atoms with E-state index in [1.165, 1.54) is 12.1 Å². The van der Waals surface area contributed by atoms with Crippen LogP contribution in [-0.4, -0.2) is 41.5 Å². The lowest BCUT2D eigenvalue weighted by molar-refractivity contribution is 0.0264. The number of phenolic OH excluding ortho intramolecular Hbond substituents is 1. The van der Waals surface area contributed by atoms with Crippen molar-refractivity contribution in [2.75, 3.05) is 19.8 Å². The largest absolute Gasteiger partial charge is 0.508 e. The second-order valence-electron chi connectivity index (χ2n) is 4.71. The van der Waals surface area contributed by atoms with Crippen LogP contribution in [0.25, 0.3) is 0 Å². The lowest BCUT2D eigenvalue weighted by Crippen LogP contribution is -2.43. The molecule has 0 radical (unpaired) electrons. The lowest BCUT2D eigenvalue weighted by atomic mass is 10.0. The molecule has 0 saturated carbocycles. The number of nitrogens with one attached hydrogen (secondary N) is 1. The van der Waals surface area contributed by atoms with Gasteiger partial charge in [-0.3, -0.25) is 4.79 Å². The topological polar surface area (TPSA) is 78.8 Å². The molecule has 1 amide bonds. The maximum absolute atomic E-state index is 11.9. The zero-order valence-electron chi connectivity index (χ0n) is 10.3. The van der Waals surface area contributed by atoms with Crippen molar-refractivity contribution in [3.05, 3.63) is 29.3 Å². The van der Waals surface area contributed by atoms with Crippen LogP contribution in [0.1, 0.15) is 22.3 Å². The number of hydrogen-bond acceptors (Lipinski definition) is 4. The molecular weight excluding hydrogens is 234 g/mol. The molecule has 18 heavy (non-hydrogen) atoms. The Bertz CT molecular complexity index is 452. The van der Waals surface area contributed by atoms with Crippen LogP contribution >= 0.6 is 0 Å². The van der Waals surface area contributed by atoms with Gasteiger partial charge in [0.1, 0.15) is 11.4 Å². The molecule has 3 N–H and O–H groups in total. The van der Waals surface area contributed by atoms with E-state index in [2.05, 4.69) is 5.32 Å². The Balaban J connectivity index is 1.99. The molecule has 1 heterocycles. The first-order chi connectivity index (χ1) is 8.50. The van der Waals surface area contributed by atoms with E-state index in [1.807, 2.05) is 0 Å². The van der Waals surface area contributed by atoms with E-state index in [-0.39, 0.29) is 24.8 Å². The lowest BCUT2D eigenvalue weighted by Gasteiger charge is -2.20. The zero-order chi connectivity index (χ0) is 13.2. The Labute approximate surface area is 105 Å². The number of amides is 1. The molecule has 1 aromatic rings. The van der Waals surface area contributed by atoms with Crippen molar-refractivity contribution in [1.29, 1.82) is 0 Å². The van der Waals surface area contributed by atoms with E-state index in [0.29, 0.717) is 24.2 Å². The summed E-state index contributed by atoms with van der Waals surface area (Å²) in [4.78, 5) is 11.9. The Morgan fingerprint density at radius 2 is 2.33 bits per heavy atom. The molecule has 1 unspecified atom stereocenters. The van der Waals surface area contributed by atoms with Crippen molar-refractivity contribution in [1.82, 2.24) is 5.32 Å². The van der Waals surface area contributed by atoms with Gasteiger partial charge in [-0.2, -0.15) is 0 Å². The zero-order valence-corrected chi connectivity index (χ0v) is 10.3. The highest BCUT2D eigenvalue weighted by atomic mass is 16.5. The summed E-state index contributed by atoms with van der Waals surface area (Å²) in [5, 5.41) is 22.0. The Kier molecular flexibility index (Phi) is 3.54. The van der Waals surface area contributed by atoms with Gasteiger partial charge in [0.05, 0.1) is 6.61 Å².